The van der Waals surface area contributed by atoms with E-state index in [9.17, 15) is 0 Å². The van der Waals surface area contributed by atoms with Crippen molar-refractivity contribution >= 4 is 5.78 Å². The topological polar surface area (TPSA) is 70.8 Å². The van der Waals surface area contributed by atoms with Gasteiger partial charge in [-0.2, -0.15) is 14.6 Å². The van der Waals surface area contributed by atoms with Gasteiger partial charge in [-0.25, -0.2) is 4.98 Å². The molecule has 2 aromatic heterocycles. The number of aromatic nitrogens is 4. The summed E-state index contributed by atoms with van der Waals surface area (Å²) in [5, 5.41) is 4.18. The molecule has 0 aliphatic heterocycles. The maximum atomic E-state index is 5.50. The molecular weight excluding hydrogens is 272 g/mol. The van der Waals surface area contributed by atoms with E-state index in [1.54, 1.807) is 32.0 Å². The Balaban J connectivity index is 2.30. The Bertz CT molecular complexity index is 785. The number of methoxy groups -OCH3 is 3. The first-order valence-corrected chi connectivity index (χ1v) is 6.24. The van der Waals surface area contributed by atoms with Crippen LogP contribution in [0, 0.1) is 0 Å². The second-order valence-electron chi connectivity index (χ2n) is 4.18. The third-order valence-electron chi connectivity index (χ3n) is 3.16. The van der Waals surface area contributed by atoms with Gasteiger partial charge < -0.3 is 14.2 Å². The highest BCUT2D eigenvalue weighted by molar-refractivity contribution is 5.75. The number of ether oxygens (including phenoxy) is 3. The van der Waals surface area contributed by atoms with Gasteiger partial charge >= 0.3 is 0 Å². The van der Waals surface area contributed by atoms with Crippen molar-refractivity contribution in [2.24, 2.45) is 0 Å². The third-order valence-corrected chi connectivity index (χ3v) is 3.16. The van der Waals surface area contributed by atoms with E-state index in [2.05, 4.69) is 15.1 Å². The van der Waals surface area contributed by atoms with Crippen molar-refractivity contribution < 1.29 is 14.2 Å². The summed E-state index contributed by atoms with van der Waals surface area (Å²) in [5.41, 5.74) is 1.61. The van der Waals surface area contributed by atoms with Crippen LogP contribution in [-0.2, 0) is 0 Å². The molecule has 0 N–H and O–H groups in total. The Morgan fingerprint density at radius 1 is 0.905 bits per heavy atom. The average Bonchev–Trinajstić information content (AvgIpc) is 3.01. The molecule has 1 aromatic carbocycles. The van der Waals surface area contributed by atoms with Crippen LogP contribution in [0.25, 0.3) is 17.0 Å². The van der Waals surface area contributed by atoms with Crippen molar-refractivity contribution in [3.05, 3.63) is 30.7 Å². The van der Waals surface area contributed by atoms with E-state index >= 15 is 0 Å². The van der Waals surface area contributed by atoms with Crippen LogP contribution in [0.3, 0.4) is 0 Å². The Labute approximate surface area is 121 Å². The van der Waals surface area contributed by atoms with Crippen LogP contribution in [0.5, 0.6) is 17.2 Å². The zero-order valence-corrected chi connectivity index (χ0v) is 11.9. The Morgan fingerprint density at radius 3 is 2.43 bits per heavy atom. The fourth-order valence-corrected chi connectivity index (χ4v) is 2.25. The molecule has 7 nitrogen and oxygen atoms in total. The second kappa shape index (κ2) is 5.28. The molecule has 3 aromatic rings. The standard InChI is InChI=1S/C14H14N4O3/c1-19-11-5-4-9(12(20-2)13(11)21-3)10-6-7-15-14-16-8-17-18(10)14/h4-8H,1-3H3. The Kier molecular flexibility index (Phi) is 3.31. The highest BCUT2D eigenvalue weighted by Crippen LogP contribution is 2.43. The smallest absolute Gasteiger partial charge is 0.252 e. The van der Waals surface area contributed by atoms with E-state index in [0.29, 0.717) is 23.0 Å². The lowest BCUT2D eigenvalue weighted by molar-refractivity contribution is 0.325. The minimum Gasteiger partial charge on any atom is -0.493 e. The van der Waals surface area contributed by atoms with Crippen LogP contribution in [0.1, 0.15) is 0 Å². The highest BCUT2D eigenvalue weighted by atomic mass is 16.5. The largest absolute Gasteiger partial charge is 0.493 e. The number of rotatable bonds is 4. The van der Waals surface area contributed by atoms with Crippen molar-refractivity contribution in [3.63, 3.8) is 0 Å². The zero-order valence-electron chi connectivity index (χ0n) is 11.9. The van der Waals surface area contributed by atoms with Gasteiger partial charge in [0.1, 0.15) is 6.33 Å². The lowest BCUT2D eigenvalue weighted by Crippen LogP contribution is -2.00. The van der Waals surface area contributed by atoms with E-state index < -0.39 is 0 Å². The van der Waals surface area contributed by atoms with Crippen LogP contribution in [0.2, 0.25) is 0 Å². The quantitative estimate of drug-likeness (QED) is 0.728. The average molecular weight is 286 g/mol. The second-order valence-corrected chi connectivity index (χ2v) is 4.18. The number of hydrogen-bond donors (Lipinski definition) is 0. The van der Waals surface area contributed by atoms with E-state index in [-0.39, 0.29) is 0 Å². The van der Waals surface area contributed by atoms with E-state index in [4.69, 9.17) is 14.2 Å². The molecule has 108 valence electrons. The summed E-state index contributed by atoms with van der Waals surface area (Å²) in [5.74, 6) is 2.22. The number of hydrogen-bond acceptors (Lipinski definition) is 6. The van der Waals surface area contributed by atoms with Crippen molar-refractivity contribution in [1.82, 2.24) is 19.6 Å². The summed E-state index contributed by atoms with van der Waals surface area (Å²) < 4.78 is 17.8. The molecule has 0 fully saturated rings. The molecule has 0 aliphatic carbocycles. The van der Waals surface area contributed by atoms with E-state index in [1.807, 2.05) is 18.2 Å². The van der Waals surface area contributed by atoms with Gasteiger partial charge in [0.15, 0.2) is 11.5 Å². The van der Waals surface area contributed by atoms with Gasteiger partial charge in [0.2, 0.25) is 5.75 Å². The molecule has 0 saturated heterocycles. The molecule has 0 bridgehead atoms. The maximum absolute atomic E-state index is 5.50. The maximum Gasteiger partial charge on any atom is 0.252 e. The number of benzene rings is 1. The van der Waals surface area contributed by atoms with E-state index in [1.165, 1.54) is 6.33 Å². The number of nitrogens with zero attached hydrogens (tertiary/aromatic N) is 4. The predicted molar refractivity (Wildman–Crippen MR) is 75.9 cm³/mol. The first kappa shape index (κ1) is 13.2. The van der Waals surface area contributed by atoms with Gasteiger partial charge in [-0.1, -0.05) is 0 Å². The van der Waals surface area contributed by atoms with Crippen LogP contribution in [0.15, 0.2) is 30.7 Å². The van der Waals surface area contributed by atoms with Gasteiger partial charge in [0, 0.05) is 11.8 Å². The molecule has 0 unspecified atom stereocenters. The van der Waals surface area contributed by atoms with Gasteiger partial charge in [-0.15, -0.1) is 0 Å². The molecule has 0 saturated carbocycles. The monoisotopic (exact) mass is 286 g/mol. The minimum absolute atomic E-state index is 0.518. The summed E-state index contributed by atoms with van der Waals surface area (Å²) in [4.78, 5) is 8.23. The summed E-state index contributed by atoms with van der Waals surface area (Å²) >= 11 is 0. The van der Waals surface area contributed by atoms with Crippen molar-refractivity contribution in [2.75, 3.05) is 21.3 Å². The normalized spacial score (nSPS) is 10.6. The molecule has 0 spiro atoms. The first-order chi connectivity index (χ1) is 10.3. The van der Waals surface area contributed by atoms with Crippen molar-refractivity contribution in [3.8, 4) is 28.5 Å². The lowest BCUT2D eigenvalue weighted by atomic mass is 10.1. The zero-order chi connectivity index (χ0) is 14.8. The van der Waals surface area contributed by atoms with Crippen LogP contribution >= 0.6 is 0 Å². The van der Waals surface area contributed by atoms with Gasteiger partial charge in [-0.05, 0) is 18.2 Å². The summed E-state index contributed by atoms with van der Waals surface area (Å²) in [6, 6.07) is 5.54. The van der Waals surface area contributed by atoms with Gasteiger partial charge in [0.25, 0.3) is 5.78 Å². The van der Waals surface area contributed by atoms with Crippen molar-refractivity contribution in [2.45, 2.75) is 0 Å². The molecule has 0 atom stereocenters. The van der Waals surface area contributed by atoms with Crippen LogP contribution in [-0.4, -0.2) is 40.9 Å². The molecule has 7 heteroatoms. The SMILES string of the molecule is COc1ccc(-c2ccnc3ncnn23)c(OC)c1OC. The number of fused-ring (bicyclic) bond motifs is 1. The van der Waals surface area contributed by atoms with Gasteiger partial charge in [-0.3, -0.25) is 0 Å². The minimum atomic E-state index is 0.518. The summed E-state index contributed by atoms with van der Waals surface area (Å²) in [6.07, 6.45) is 3.13. The fraction of sp³-hybridized carbons (Fsp3) is 0.214. The fourth-order valence-electron chi connectivity index (χ4n) is 2.25. The summed E-state index contributed by atoms with van der Waals surface area (Å²) in [7, 11) is 4.74. The van der Waals surface area contributed by atoms with Crippen LogP contribution in [0.4, 0.5) is 0 Å². The lowest BCUT2D eigenvalue weighted by Gasteiger charge is -2.16. The van der Waals surface area contributed by atoms with Gasteiger partial charge in [0.05, 0.1) is 27.0 Å². The summed E-state index contributed by atoms with van der Waals surface area (Å²) in [6.45, 7) is 0. The molecule has 0 aliphatic rings. The Morgan fingerprint density at radius 2 is 1.71 bits per heavy atom. The molecule has 2 heterocycles. The molecule has 3 rings (SSSR count). The highest BCUT2D eigenvalue weighted by Gasteiger charge is 2.19. The first-order valence-electron chi connectivity index (χ1n) is 6.24. The van der Waals surface area contributed by atoms with Crippen molar-refractivity contribution in [1.29, 1.82) is 0 Å². The third kappa shape index (κ3) is 2.03. The molecule has 0 amide bonds. The molecular formula is C14H14N4O3. The van der Waals surface area contributed by atoms with Crippen LogP contribution < -0.4 is 14.2 Å². The Hall–Kier alpha value is -2.83. The predicted octanol–water partition coefficient (Wildman–Crippen LogP) is 1.82. The molecule has 21 heavy (non-hydrogen) atoms. The van der Waals surface area contributed by atoms with E-state index in [0.717, 1.165) is 11.3 Å². The molecule has 0 radical (unpaired) electrons.